The van der Waals surface area contributed by atoms with Crippen LogP contribution in [0.3, 0.4) is 0 Å². The average Bonchev–Trinajstić information content (AvgIpc) is 2.53. The van der Waals surface area contributed by atoms with Gasteiger partial charge in [0, 0.05) is 5.56 Å². The Hall–Kier alpha value is -2.04. The maximum absolute atomic E-state index is 11.8. The molecule has 96 valence electrons. The van der Waals surface area contributed by atoms with Crippen LogP contribution in [-0.2, 0) is 11.3 Å². The number of imide groups is 1. The van der Waals surface area contributed by atoms with Gasteiger partial charge in [-0.2, -0.15) is 0 Å². The molecular weight excluding hydrogens is 232 g/mol. The van der Waals surface area contributed by atoms with Gasteiger partial charge in [0.25, 0.3) is 5.91 Å². The lowest BCUT2D eigenvalue weighted by Gasteiger charge is -2.28. The normalized spacial score (nSPS) is 17.8. The monoisotopic (exact) mass is 248 g/mol. The van der Waals surface area contributed by atoms with Crippen molar-refractivity contribution in [2.75, 3.05) is 7.11 Å². The van der Waals surface area contributed by atoms with Gasteiger partial charge < -0.3 is 9.64 Å². The van der Waals surface area contributed by atoms with E-state index in [1.165, 1.54) is 4.90 Å². The molecule has 0 aromatic heterocycles. The van der Waals surface area contributed by atoms with Crippen LogP contribution in [0, 0.1) is 0 Å². The fourth-order valence-corrected chi connectivity index (χ4v) is 1.97. The minimum Gasteiger partial charge on any atom is -0.496 e. The standard InChI is InChI=1S/C13H16N2O3/c1-13(2)11(16)14-12(17)15(13)8-9-6-4-5-7-10(9)18-3/h4-7H,8H2,1-3H3,(H,14,16,17). The number of amides is 3. The summed E-state index contributed by atoms with van der Waals surface area (Å²) in [7, 11) is 1.58. The molecule has 0 bridgehead atoms. The maximum Gasteiger partial charge on any atom is 0.325 e. The van der Waals surface area contributed by atoms with E-state index >= 15 is 0 Å². The van der Waals surface area contributed by atoms with Gasteiger partial charge in [0.05, 0.1) is 13.7 Å². The SMILES string of the molecule is COc1ccccc1CN1C(=O)NC(=O)C1(C)C. The summed E-state index contributed by atoms with van der Waals surface area (Å²) in [5.41, 5.74) is 0.0377. The first-order valence-corrected chi connectivity index (χ1v) is 5.71. The molecule has 0 unspecified atom stereocenters. The summed E-state index contributed by atoms with van der Waals surface area (Å²) in [4.78, 5) is 24.9. The molecule has 1 aliphatic heterocycles. The first-order chi connectivity index (χ1) is 8.46. The molecule has 1 fully saturated rings. The molecule has 5 heteroatoms. The van der Waals surface area contributed by atoms with Crippen molar-refractivity contribution in [1.29, 1.82) is 0 Å². The molecule has 1 heterocycles. The van der Waals surface area contributed by atoms with Crippen LogP contribution in [0.25, 0.3) is 0 Å². The fraction of sp³-hybridized carbons (Fsp3) is 0.385. The number of hydrogen-bond acceptors (Lipinski definition) is 3. The first-order valence-electron chi connectivity index (χ1n) is 5.71. The number of methoxy groups -OCH3 is 1. The van der Waals surface area contributed by atoms with Gasteiger partial charge in [-0.3, -0.25) is 10.1 Å². The second-order valence-electron chi connectivity index (χ2n) is 4.72. The van der Waals surface area contributed by atoms with Crippen molar-refractivity contribution in [2.24, 2.45) is 0 Å². The van der Waals surface area contributed by atoms with Crippen molar-refractivity contribution >= 4 is 11.9 Å². The topological polar surface area (TPSA) is 58.6 Å². The molecule has 0 saturated carbocycles. The molecular formula is C13H16N2O3. The van der Waals surface area contributed by atoms with Crippen molar-refractivity contribution in [1.82, 2.24) is 10.2 Å². The molecule has 0 aliphatic carbocycles. The van der Waals surface area contributed by atoms with E-state index in [0.717, 1.165) is 5.56 Å². The predicted octanol–water partition coefficient (Wildman–Crippen LogP) is 1.53. The van der Waals surface area contributed by atoms with Gasteiger partial charge in [0.2, 0.25) is 0 Å². The number of hydrogen-bond donors (Lipinski definition) is 1. The predicted molar refractivity (Wildman–Crippen MR) is 66.2 cm³/mol. The van der Waals surface area contributed by atoms with Gasteiger partial charge in [-0.15, -0.1) is 0 Å². The smallest absolute Gasteiger partial charge is 0.325 e. The maximum atomic E-state index is 11.8. The van der Waals surface area contributed by atoms with Crippen LogP contribution in [0.4, 0.5) is 4.79 Å². The molecule has 1 saturated heterocycles. The van der Waals surface area contributed by atoms with Gasteiger partial charge in [0.1, 0.15) is 11.3 Å². The molecule has 0 radical (unpaired) electrons. The summed E-state index contributed by atoms with van der Waals surface area (Å²) in [6.07, 6.45) is 0. The van der Waals surface area contributed by atoms with E-state index < -0.39 is 5.54 Å². The van der Waals surface area contributed by atoms with E-state index in [4.69, 9.17) is 4.74 Å². The van der Waals surface area contributed by atoms with Gasteiger partial charge in [-0.05, 0) is 19.9 Å². The van der Waals surface area contributed by atoms with Crippen molar-refractivity contribution in [3.63, 3.8) is 0 Å². The largest absolute Gasteiger partial charge is 0.496 e. The minimum absolute atomic E-state index is 0.276. The Labute approximate surface area is 106 Å². The highest BCUT2D eigenvalue weighted by molar-refractivity contribution is 6.06. The molecule has 18 heavy (non-hydrogen) atoms. The van der Waals surface area contributed by atoms with Crippen LogP contribution in [0.1, 0.15) is 19.4 Å². The number of ether oxygens (including phenoxy) is 1. The number of urea groups is 1. The summed E-state index contributed by atoms with van der Waals surface area (Å²) < 4.78 is 5.24. The lowest BCUT2D eigenvalue weighted by molar-refractivity contribution is -0.125. The second-order valence-corrected chi connectivity index (χ2v) is 4.72. The number of rotatable bonds is 3. The zero-order chi connectivity index (χ0) is 13.3. The Morgan fingerprint density at radius 1 is 1.28 bits per heavy atom. The molecule has 1 N–H and O–H groups in total. The van der Waals surface area contributed by atoms with Crippen molar-refractivity contribution < 1.29 is 14.3 Å². The Balaban J connectivity index is 2.28. The van der Waals surface area contributed by atoms with Gasteiger partial charge in [-0.25, -0.2) is 4.79 Å². The average molecular weight is 248 g/mol. The second kappa shape index (κ2) is 4.33. The highest BCUT2D eigenvalue weighted by atomic mass is 16.5. The van der Waals surface area contributed by atoms with Crippen LogP contribution in [0.5, 0.6) is 5.75 Å². The molecule has 1 aromatic carbocycles. The first kappa shape index (κ1) is 12.4. The highest BCUT2D eigenvalue weighted by Gasteiger charge is 2.45. The molecule has 1 aromatic rings. The molecule has 2 rings (SSSR count). The van der Waals surface area contributed by atoms with Crippen LogP contribution in [-0.4, -0.2) is 29.5 Å². The van der Waals surface area contributed by atoms with Crippen LogP contribution >= 0.6 is 0 Å². The van der Waals surface area contributed by atoms with E-state index in [9.17, 15) is 9.59 Å². The summed E-state index contributed by atoms with van der Waals surface area (Å²) in [6.45, 7) is 3.79. The van der Waals surface area contributed by atoms with Crippen LogP contribution in [0.15, 0.2) is 24.3 Å². The van der Waals surface area contributed by atoms with Crippen molar-refractivity contribution in [3.8, 4) is 5.75 Å². The van der Waals surface area contributed by atoms with Crippen molar-refractivity contribution in [3.05, 3.63) is 29.8 Å². The quantitative estimate of drug-likeness (QED) is 0.825. The number of nitrogens with zero attached hydrogens (tertiary/aromatic N) is 1. The zero-order valence-electron chi connectivity index (χ0n) is 10.7. The summed E-state index contributed by atoms with van der Waals surface area (Å²) in [6, 6.07) is 7.09. The molecule has 0 atom stereocenters. The minimum atomic E-state index is -0.835. The summed E-state index contributed by atoms with van der Waals surface area (Å²) in [5.74, 6) is 0.433. The number of carbonyl (C=O) groups excluding carboxylic acids is 2. The third kappa shape index (κ3) is 1.92. The van der Waals surface area contributed by atoms with Gasteiger partial charge in [0.15, 0.2) is 0 Å². The Morgan fingerprint density at radius 3 is 2.50 bits per heavy atom. The summed E-state index contributed by atoms with van der Waals surface area (Å²) in [5, 5.41) is 2.32. The Bertz CT molecular complexity index is 497. The molecule has 1 aliphatic rings. The number of para-hydroxylation sites is 1. The number of nitrogens with one attached hydrogen (secondary N) is 1. The number of benzene rings is 1. The molecule has 3 amide bonds. The Kier molecular flexibility index (Phi) is 2.98. The lowest BCUT2D eigenvalue weighted by atomic mass is 10.0. The third-order valence-electron chi connectivity index (χ3n) is 3.22. The van der Waals surface area contributed by atoms with E-state index in [1.54, 1.807) is 21.0 Å². The Morgan fingerprint density at radius 2 is 1.94 bits per heavy atom. The van der Waals surface area contributed by atoms with Crippen LogP contribution in [0.2, 0.25) is 0 Å². The zero-order valence-corrected chi connectivity index (χ0v) is 10.7. The summed E-state index contributed by atoms with van der Waals surface area (Å²) >= 11 is 0. The van der Waals surface area contributed by atoms with E-state index in [1.807, 2.05) is 24.3 Å². The van der Waals surface area contributed by atoms with E-state index in [-0.39, 0.29) is 11.9 Å². The van der Waals surface area contributed by atoms with Gasteiger partial charge >= 0.3 is 6.03 Å². The third-order valence-corrected chi connectivity index (χ3v) is 3.22. The van der Waals surface area contributed by atoms with E-state index in [0.29, 0.717) is 12.3 Å². The highest BCUT2D eigenvalue weighted by Crippen LogP contribution is 2.26. The van der Waals surface area contributed by atoms with Gasteiger partial charge in [-0.1, -0.05) is 18.2 Å². The van der Waals surface area contributed by atoms with Crippen molar-refractivity contribution in [2.45, 2.75) is 25.9 Å². The van der Waals surface area contributed by atoms with Crippen LogP contribution < -0.4 is 10.1 Å². The lowest BCUT2D eigenvalue weighted by Crippen LogP contribution is -2.43. The number of carbonyl (C=O) groups is 2. The molecule has 5 nitrogen and oxygen atoms in total. The van der Waals surface area contributed by atoms with E-state index in [2.05, 4.69) is 5.32 Å². The molecule has 0 spiro atoms. The fourth-order valence-electron chi connectivity index (χ4n) is 1.97.